The summed E-state index contributed by atoms with van der Waals surface area (Å²) in [6, 6.07) is 10.8. The molecule has 2 aromatic carbocycles. The van der Waals surface area contributed by atoms with Gasteiger partial charge in [-0.2, -0.15) is 0 Å². The summed E-state index contributed by atoms with van der Waals surface area (Å²) in [6.45, 7) is 2.02. The molecule has 0 unspecified atom stereocenters. The minimum atomic E-state index is -0.216. The van der Waals surface area contributed by atoms with E-state index in [9.17, 15) is 4.79 Å². The van der Waals surface area contributed by atoms with Crippen molar-refractivity contribution in [2.75, 3.05) is 28.4 Å². The number of benzene rings is 2. The maximum atomic E-state index is 12.8. The summed E-state index contributed by atoms with van der Waals surface area (Å²) >= 11 is 0. The Balaban J connectivity index is 2.26. The predicted octanol–water partition coefficient (Wildman–Crippen LogP) is 3.60. The normalized spacial score (nSPS) is 11.4. The zero-order chi connectivity index (χ0) is 19.1. The predicted molar refractivity (Wildman–Crippen MR) is 99.6 cm³/mol. The van der Waals surface area contributed by atoms with Crippen LogP contribution >= 0.6 is 0 Å². The Morgan fingerprint density at radius 1 is 0.923 bits per heavy atom. The molecule has 0 aliphatic rings. The molecule has 6 heteroatoms. The van der Waals surface area contributed by atoms with E-state index in [1.165, 1.54) is 21.3 Å². The van der Waals surface area contributed by atoms with Gasteiger partial charge in [0, 0.05) is 5.56 Å². The Hall–Kier alpha value is -2.89. The standard InChI is InChI=1S/C20H25NO5/c1-6-16(13-7-9-15(23-2)10-8-13)21-20(22)14-11-17(24-3)19(26-5)18(12-14)25-4/h7-12,16H,6H2,1-5H3,(H,21,22)/t16-/m1/s1. The highest BCUT2D eigenvalue weighted by Gasteiger charge is 2.19. The molecular formula is C20H25NO5. The molecule has 0 saturated carbocycles. The smallest absolute Gasteiger partial charge is 0.252 e. The zero-order valence-electron chi connectivity index (χ0n) is 15.8. The first-order chi connectivity index (χ1) is 12.6. The van der Waals surface area contributed by atoms with Gasteiger partial charge in [0.2, 0.25) is 5.75 Å². The van der Waals surface area contributed by atoms with Crippen molar-refractivity contribution in [3.63, 3.8) is 0 Å². The summed E-state index contributed by atoms with van der Waals surface area (Å²) in [5.74, 6) is 1.89. The molecule has 0 spiro atoms. The first kappa shape index (κ1) is 19.4. The van der Waals surface area contributed by atoms with Gasteiger partial charge in [-0.15, -0.1) is 0 Å². The monoisotopic (exact) mass is 359 g/mol. The molecule has 0 aliphatic carbocycles. The van der Waals surface area contributed by atoms with E-state index in [0.29, 0.717) is 22.8 Å². The number of methoxy groups -OCH3 is 4. The second-order valence-corrected chi connectivity index (χ2v) is 5.62. The molecule has 0 heterocycles. The molecule has 0 aliphatic heterocycles. The van der Waals surface area contributed by atoms with E-state index < -0.39 is 0 Å². The van der Waals surface area contributed by atoms with E-state index >= 15 is 0 Å². The van der Waals surface area contributed by atoms with Gasteiger partial charge >= 0.3 is 0 Å². The van der Waals surface area contributed by atoms with Crippen LogP contribution in [0.5, 0.6) is 23.0 Å². The lowest BCUT2D eigenvalue weighted by atomic mass is 10.0. The number of ether oxygens (including phenoxy) is 4. The molecule has 2 aromatic rings. The van der Waals surface area contributed by atoms with Gasteiger partial charge in [0.05, 0.1) is 34.5 Å². The highest BCUT2D eigenvalue weighted by atomic mass is 16.5. The molecule has 0 radical (unpaired) electrons. The van der Waals surface area contributed by atoms with E-state index in [1.807, 2.05) is 31.2 Å². The van der Waals surface area contributed by atoms with Crippen LogP contribution < -0.4 is 24.3 Å². The Morgan fingerprint density at radius 2 is 1.50 bits per heavy atom. The molecule has 1 atom stereocenters. The van der Waals surface area contributed by atoms with E-state index in [0.717, 1.165) is 17.7 Å². The summed E-state index contributed by atoms with van der Waals surface area (Å²) in [4.78, 5) is 12.8. The third-order valence-electron chi connectivity index (χ3n) is 4.16. The molecule has 0 aromatic heterocycles. The molecule has 26 heavy (non-hydrogen) atoms. The fourth-order valence-electron chi connectivity index (χ4n) is 2.71. The summed E-state index contributed by atoms with van der Waals surface area (Å²) in [5, 5.41) is 3.05. The number of nitrogens with one attached hydrogen (secondary N) is 1. The van der Waals surface area contributed by atoms with Crippen LogP contribution in [0.2, 0.25) is 0 Å². The third-order valence-corrected chi connectivity index (χ3v) is 4.16. The van der Waals surface area contributed by atoms with Gasteiger partial charge in [0.25, 0.3) is 5.91 Å². The Morgan fingerprint density at radius 3 is 1.92 bits per heavy atom. The van der Waals surface area contributed by atoms with Crippen LogP contribution in [0.3, 0.4) is 0 Å². The van der Waals surface area contributed by atoms with Crippen molar-refractivity contribution in [2.45, 2.75) is 19.4 Å². The Labute approximate surface area is 154 Å². The van der Waals surface area contributed by atoms with Crippen molar-refractivity contribution in [1.82, 2.24) is 5.32 Å². The highest BCUT2D eigenvalue weighted by molar-refractivity contribution is 5.95. The van der Waals surface area contributed by atoms with Crippen LogP contribution in [0.1, 0.15) is 35.3 Å². The summed E-state index contributed by atoms with van der Waals surface area (Å²) < 4.78 is 21.1. The largest absolute Gasteiger partial charge is 0.497 e. The van der Waals surface area contributed by atoms with Gasteiger partial charge in [-0.3, -0.25) is 4.79 Å². The molecule has 140 valence electrons. The first-order valence-electron chi connectivity index (χ1n) is 8.32. The molecule has 2 rings (SSSR count). The lowest BCUT2D eigenvalue weighted by Gasteiger charge is -2.19. The van der Waals surface area contributed by atoms with Crippen molar-refractivity contribution in [2.24, 2.45) is 0 Å². The van der Waals surface area contributed by atoms with Crippen molar-refractivity contribution < 1.29 is 23.7 Å². The van der Waals surface area contributed by atoms with E-state index in [-0.39, 0.29) is 11.9 Å². The van der Waals surface area contributed by atoms with Gasteiger partial charge < -0.3 is 24.3 Å². The van der Waals surface area contributed by atoms with Crippen LogP contribution in [-0.2, 0) is 0 Å². The SMILES string of the molecule is CC[C@@H](NC(=O)c1cc(OC)c(OC)c(OC)c1)c1ccc(OC)cc1. The van der Waals surface area contributed by atoms with Crippen molar-refractivity contribution in [3.05, 3.63) is 47.5 Å². The van der Waals surface area contributed by atoms with E-state index in [2.05, 4.69) is 5.32 Å². The topological polar surface area (TPSA) is 66.0 Å². The molecule has 6 nitrogen and oxygen atoms in total. The van der Waals surface area contributed by atoms with Crippen molar-refractivity contribution in [3.8, 4) is 23.0 Å². The van der Waals surface area contributed by atoms with Gasteiger partial charge in [0.15, 0.2) is 11.5 Å². The van der Waals surface area contributed by atoms with Gasteiger partial charge in [-0.25, -0.2) is 0 Å². The molecule has 0 fully saturated rings. The van der Waals surface area contributed by atoms with E-state index in [1.54, 1.807) is 19.2 Å². The molecular weight excluding hydrogens is 334 g/mol. The molecule has 1 amide bonds. The fraction of sp³-hybridized carbons (Fsp3) is 0.350. The number of hydrogen-bond acceptors (Lipinski definition) is 5. The van der Waals surface area contributed by atoms with Gasteiger partial charge in [-0.1, -0.05) is 19.1 Å². The summed E-state index contributed by atoms with van der Waals surface area (Å²) in [6.07, 6.45) is 0.752. The first-order valence-corrected chi connectivity index (χ1v) is 8.32. The number of carbonyl (C=O) groups excluding carboxylic acids is 1. The highest BCUT2D eigenvalue weighted by Crippen LogP contribution is 2.38. The average molecular weight is 359 g/mol. The quantitative estimate of drug-likeness (QED) is 0.780. The van der Waals surface area contributed by atoms with Crippen LogP contribution in [0.25, 0.3) is 0 Å². The minimum absolute atomic E-state index is 0.118. The van der Waals surface area contributed by atoms with E-state index in [4.69, 9.17) is 18.9 Å². The second kappa shape index (κ2) is 8.99. The lowest BCUT2D eigenvalue weighted by molar-refractivity contribution is 0.0934. The average Bonchev–Trinajstić information content (AvgIpc) is 2.70. The maximum Gasteiger partial charge on any atom is 0.252 e. The zero-order valence-corrected chi connectivity index (χ0v) is 15.8. The number of carbonyl (C=O) groups is 1. The van der Waals surface area contributed by atoms with Gasteiger partial charge in [0.1, 0.15) is 5.75 Å². The number of amides is 1. The van der Waals surface area contributed by atoms with Gasteiger partial charge in [-0.05, 0) is 36.2 Å². The Kier molecular flexibility index (Phi) is 6.72. The lowest BCUT2D eigenvalue weighted by Crippen LogP contribution is -2.28. The summed E-state index contributed by atoms with van der Waals surface area (Å²) in [5.41, 5.74) is 1.44. The van der Waals surface area contributed by atoms with Crippen LogP contribution in [-0.4, -0.2) is 34.3 Å². The van der Waals surface area contributed by atoms with Crippen molar-refractivity contribution >= 4 is 5.91 Å². The maximum absolute atomic E-state index is 12.8. The van der Waals surface area contributed by atoms with Crippen LogP contribution in [0.15, 0.2) is 36.4 Å². The number of rotatable bonds is 8. The molecule has 0 bridgehead atoms. The Bertz CT molecular complexity index is 717. The van der Waals surface area contributed by atoms with Crippen molar-refractivity contribution in [1.29, 1.82) is 0 Å². The van der Waals surface area contributed by atoms with Crippen LogP contribution in [0.4, 0.5) is 0 Å². The second-order valence-electron chi connectivity index (χ2n) is 5.62. The summed E-state index contributed by atoms with van der Waals surface area (Å²) in [7, 11) is 6.19. The van der Waals surface area contributed by atoms with Crippen LogP contribution in [0, 0.1) is 0 Å². The fourth-order valence-corrected chi connectivity index (χ4v) is 2.71. The number of hydrogen-bond donors (Lipinski definition) is 1. The molecule has 1 N–H and O–H groups in total. The third kappa shape index (κ3) is 4.20. The minimum Gasteiger partial charge on any atom is -0.497 e. The molecule has 0 saturated heterocycles.